The number of aliphatic hydroxyl groups is 1. The van der Waals surface area contributed by atoms with E-state index >= 15 is 0 Å². The lowest BCUT2D eigenvalue weighted by Gasteiger charge is -2.51. The minimum absolute atomic E-state index is 0.0461. The molecule has 1 fully saturated rings. The third-order valence-corrected chi connectivity index (χ3v) is 6.45. The van der Waals surface area contributed by atoms with Crippen LogP contribution in [-0.2, 0) is 6.42 Å². The Morgan fingerprint density at radius 1 is 1.21 bits per heavy atom. The summed E-state index contributed by atoms with van der Waals surface area (Å²) in [7, 11) is 0. The number of rotatable bonds is 5. The van der Waals surface area contributed by atoms with Crippen LogP contribution in [0.4, 0.5) is 9.52 Å². The zero-order valence-corrected chi connectivity index (χ0v) is 16.2. The Hall–Kier alpha value is -2.75. The average Bonchev–Trinajstić information content (AvgIpc) is 3.17. The molecule has 1 aliphatic heterocycles. The first kappa shape index (κ1) is 18.6. The van der Waals surface area contributed by atoms with Crippen LogP contribution in [-0.4, -0.2) is 28.8 Å². The molecular weight excluding hydrogens is 373 g/mol. The maximum Gasteiger partial charge on any atom is 0.186 e. The van der Waals surface area contributed by atoms with Crippen molar-refractivity contribution < 1.29 is 9.50 Å². The summed E-state index contributed by atoms with van der Waals surface area (Å²) in [4.78, 5) is 7.53. The number of nitrogens with zero attached hydrogens (tertiary/aromatic N) is 3. The van der Waals surface area contributed by atoms with Gasteiger partial charge in [0.2, 0.25) is 0 Å². The van der Waals surface area contributed by atoms with Gasteiger partial charge in [-0.3, -0.25) is 0 Å². The van der Waals surface area contributed by atoms with Crippen LogP contribution in [0.1, 0.15) is 23.3 Å². The minimum Gasteiger partial charge on any atom is -0.394 e. The Balaban J connectivity index is 1.60. The molecule has 2 aromatic carbocycles. The molecule has 4 nitrogen and oxygen atoms in total. The van der Waals surface area contributed by atoms with Gasteiger partial charge < -0.3 is 10.0 Å². The van der Waals surface area contributed by atoms with Crippen molar-refractivity contribution in [3.63, 3.8) is 0 Å². The van der Waals surface area contributed by atoms with Crippen molar-refractivity contribution >= 4 is 16.5 Å². The molecule has 1 N–H and O–H groups in total. The van der Waals surface area contributed by atoms with E-state index in [0.29, 0.717) is 0 Å². The van der Waals surface area contributed by atoms with E-state index in [9.17, 15) is 14.8 Å². The van der Waals surface area contributed by atoms with Crippen LogP contribution in [0.25, 0.3) is 11.1 Å². The Bertz CT molecular complexity index is 1010. The second kappa shape index (κ2) is 7.70. The molecule has 0 aliphatic carbocycles. The minimum atomic E-state index is -0.368. The van der Waals surface area contributed by atoms with Crippen molar-refractivity contribution in [3.05, 3.63) is 71.0 Å². The van der Waals surface area contributed by atoms with Gasteiger partial charge in [0.1, 0.15) is 11.9 Å². The SMILES string of the molecule is CCc1cnc(N2[C@@H](C#N)[C@@H](c3ccc(-c4cccc(F)c4)cc3)[C@@H]2CO)s1. The molecule has 4 rings (SSSR count). The second-order valence-electron chi connectivity index (χ2n) is 6.85. The topological polar surface area (TPSA) is 60.2 Å². The zero-order chi connectivity index (χ0) is 19.7. The van der Waals surface area contributed by atoms with Gasteiger partial charge >= 0.3 is 0 Å². The molecule has 1 aromatic heterocycles. The van der Waals surface area contributed by atoms with E-state index in [1.165, 1.54) is 12.1 Å². The van der Waals surface area contributed by atoms with E-state index in [1.54, 1.807) is 17.4 Å². The molecule has 6 heteroatoms. The van der Waals surface area contributed by atoms with Crippen LogP contribution in [0, 0.1) is 17.1 Å². The van der Waals surface area contributed by atoms with E-state index in [-0.39, 0.29) is 30.4 Å². The summed E-state index contributed by atoms with van der Waals surface area (Å²) >= 11 is 1.57. The normalized spacial score (nSPS) is 21.2. The third-order valence-electron chi connectivity index (χ3n) is 5.30. The molecule has 28 heavy (non-hydrogen) atoms. The molecular formula is C22H20FN3OS. The van der Waals surface area contributed by atoms with Crippen LogP contribution < -0.4 is 4.90 Å². The molecule has 0 radical (unpaired) electrons. The molecule has 2 heterocycles. The Labute approximate surface area is 167 Å². The Morgan fingerprint density at radius 2 is 2.00 bits per heavy atom. The summed E-state index contributed by atoms with van der Waals surface area (Å²) in [6, 6.07) is 16.1. The number of hydrogen-bond acceptors (Lipinski definition) is 5. The van der Waals surface area contributed by atoms with Gasteiger partial charge in [0.15, 0.2) is 5.13 Å². The molecule has 3 atom stereocenters. The van der Waals surface area contributed by atoms with Crippen molar-refractivity contribution in [1.29, 1.82) is 5.26 Å². The molecule has 1 aliphatic rings. The van der Waals surface area contributed by atoms with Gasteiger partial charge in [-0.25, -0.2) is 9.37 Å². The van der Waals surface area contributed by atoms with Crippen LogP contribution >= 0.6 is 11.3 Å². The number of thiazole rings is 1. The highest BCUT2D eigenvalue weighted by atomic mass is 32.1. The third kappa shape index (κ3) is 3.17. The van der Waals surface area contributed by atoms with E-state index < -0.39 is 0 Å². The molecule has 3 aromatic rings. The predicted octanol–water partition coefficient (Wildman–Crippen LogP) is 4.37. The summed E-state index contributed by atoms with van der Waals surface area (Å²) in [5.41, 5.74) is 2.72. The molecule has 0 amide bonds. The van der Waals surface area contributed by atoms with Crippen molar-refractivity contribution in [2.24, 2.45) is 0 Å². The van der Waals surface area contributed by atoms with Crippen molar-refractivity contribution in [2.75, 3.05) is 11.5 Å². The number of aryl methyl sites for hydroxylation is 1. The summed E-state index contributed by atoms with van der Waals surface area (Å²) in [6.45, 7) is 2.02. The fourth-order valence-corrected chi connectivity index (χ4v) is 4.76. The number of hydrogen-bond donors (Lipinski definition) is 1. The smallest absolute Gasteiger partial charge is 0.186 e. The lowest BCUT2D eigenvalue weighted by Crippen LogP contribution is -2.63. The summed E-state index contributed by atoms with van der Waals surface area (Å²) in [5, 5.41) is 20.5. The van der Waals surface area contributed by atoms with Gasteiger partial charge in [-0.15, -0.1) is 11.3 Å². The highest BCUT2D eigenvalue weighted by molar-refractivity contribution is 7.15. The molecule has 0 spiro atoms. The summed E-state index contributed by atoms with van der Waals surface area (Å²) in [6.07, 6.45) is 2.74. The zero-order valence-electron chi connectivity index (χ0n) is 15.4. The first-order chi connectivity index (χ1) is 13.7. The number of aromatic nitrogens is 1. The monoisotopic (exact) mass is 393 g/mol. The molecule has 0 bridgehead atoms. The van der Waals surface area contributed by atoms with E-state index in [1.807, 2.05) is 41.4 Å². The van der Waals surface area contributed by atoms with Crippen molar-refractivity contribution in [2.45, 2.75) is 31.3 Å². The number of benzene rings is 2. The fraction of sp³-hybridized carbons (Fsp3) is 0.273. The summed E-state index contributed by atoms with van der Waals surface area (Å²) < 4.78 is 13.5. The Morgan fingerprint density at radius 3 is 2.61 bits per heavy atom. The van der Waals surface area contributed by atoms with Gasteiger partial charge in [0.05, 0.1) is 18.7 Å². The van der Waals surface area contributed by atoms with Gasteiger partial charge in [-0.05, 0) is 35.2 Å². The van der Waals surface area contributed by atoms with Gasteiger partial charge in [0, 0.05) is 17.0 Å². The van der Waals surface area contributed by atoms with Crippen LogP contribution in [0.2, 0.25) is 0 Å². The van der Waals surface area contributed by atoms with Crippen molar-refractivity contribution in [3.8, 4) is 17.2 Å². The van der Waals surface area contributed by atoms with Gasteiger partial charge in [0.25, 0.3) is 0 Å². The molecule has 0 unspecified atom stereocenters. The largest absolute Gasteiger partial charge is 0.394 e. The van der Waals surface area contributed by atoms with E-state index in [0.717, 1.165) is 33.1 Å². The predicted molar refractivity (Wildman–Crippen MR) is 109 cm³/mol. The fourth-order valence-electron chi connectivity index (χ4n) is 3.82. The highest BCUT2D eigenvalue weighted by Crippen LogP contribution is 2.44. The standard InChI is InChI=1S/C22H20FN3OS/c1-2-18-12-25-22(28-18)26-19(11-24)21(20(26)13-27)15-8-6-14(7-9-15)16-4-3-5-17(23)10-16/h3-10,12,19-21,27H,2,13H2,1H3/t19-,20-,21+/m0/s1. The number of halogens is 1. The summed E-state index contributed by atoms with van der Waals surface area (Å²) in [5.74, 6) is -0.360. The second-order valence-corrected chi connectivity index (χ2v) is 7.95. The first-order valence-corrected chi connectivity index (χ1v) is 10.1. The van der Waals surface area contributed by atoms with Crippen LogP contribution in [0.5, 0.6) is 0 Å². The number of nitriles is 1. The molecule has 142 valence electrons. The van der Waals surface area contributed by atoms with E-state index in [4.69, 9.17) is 0 Å². The first-order valence-electron chi connectivity index (χ1n) is 9.25. The highest BCUT2D eigenvalue weighted by Gasteiger charge is 2.50. The van der Waals surface area contributed by atoms with Crippen molar-refractivity contribution in [1.82, 2.24) is 4.98 Å². The maximum absolute atomic E-state index is 13.5. The van der Waals surface area contributed by atoms with Crippen LogP contribution in [0.3, 0.4) is 0 Å². The van der Waals surface area contributed by atoms with Gasteiger partial charge in [-0.1, -0.05) is 43.3 Å². The van der Waals surface area contributed by atoms with Crippen LogP contribution in [0.15, 0.2) is 54.7 Å². The maximum atomic E-state index is 13.5. The average molecular weight is 393 g/mol. The number of anilines is 1. The Kier molecular flexibility index (Phi) is 5.12. The molecule has 0 saturated carbocycles. The quantitative estimate of drug-likeness (QED) is 0.699. The lowest BCUT2D eigenvalue weighted by molar-refractivity contribution is 0.187. The van der Waals surface area contributed by atoms with E-state index in [2.05, 4.69) is 18.0 Å². The number of aliphatic hydroxyl groups excluding tert-OH is 1. The lowest BCUT2D eigenvalue weighted by atomic mass is 9.76. The molecule has 1 saturated heterocycles. The van der Waals surface area contributed by atoms with Gasteiger partial charge in [-0.2, -0.15) is 5.26 Å².